The largest absolute Gasteiger partial charge is 0.488 e. The number of nitrogens with one attached hydrogen (secondary N) is 2. The number of aliphatic hydroxyl groups excluding tert-OH is 1. The summed E-state index contributed by atoms with van der Waals surface area (Å²) >= 11 is 1.23. The van der Waals surface area contributed by atoms with Gasteiger partial charge in [-0.1, -0.05) is 0 Å². The molecule has 0 radical (unpaired) electrons. The second-order valence-corrected chi connectivity index (χ2v) is 8.75. The highest BCUT2D eigenvalue weighted by molar-refractivity contribution is 7.20. The van der Waals surface area contributed by atoms with Crippen molar-refractivity contribution in [2.45, 2.75) is 32.0 Å². The normalized spacial score (nSPS) is 15.4. The number of carbonyl (C=O) groups excluding carboxylic acids is 1. The molecular weight excluding hydrogens is 449 g/mol. The Morgan fingerprint density at radius 3 is 2.94 bits per heavy atom. The molecule has 1 aliphatic heterocycles. The predicted molar refractivity (Wildman–Crippen MR) is 124 cm³/mol. The highest BCUT2D eigenvalue weighted by Crippen LogP contribution is 2.37. The Bertz CT molecular complexity index is 1140. The number of aryl methyl sites for hydroxylation is 1. The second kappa shape index (κ2) is 10.4. The minimum atomic E-state index is -0.812. The van der Waals surface area contributed by atoms with Crippen molar-refractivity contribution in [3.63, 3.8) is 0 Å². The highest BCUT2D eigenvalue weighted by atomic mass is 32.1. The standard InChI is InChI=1S/C22H26FN5O4S/c1-12-18-20(26-11-27-22(18)33-19(12)21(30)25-10-14(29)9-24)28-16-3-2-13(23)8-17(16)32-15-4-6-31-7-5-15/h2-3,8,11,14-15,29H,4-7,9-10,24H2,1H3,(H,25,30)(H,26,27,28). The minimum Gasteiger partial charge on any atom is -0.488 e. The van der Waals surface area contributed by atoms with E-state index in [0.29, 0.717) is 51.1 Å². The topological polar surface area (TPSA) is 132 Å². The third kappa shape index (κ3) is 5.38. The lowest BCUT2D eigenvalue weighted by atomic mass is 10.1. The lowest BCUT2D eigenvalue weighted by molar-refractivity contribution is 0.0257. The number of nitrogens with two attached hydrogens (primary N) is 1. The molecule has 1 saturated heterocycles. The Morgan fingerprint density at radius 1 is 1.39 bits per heavy atom. The number of hydrogen-bond acceptors (Lipinski definition) is 9. The molecule has 33 heavy (non-hydrogen) atoms. The first-order chi connectivity index (χ1) is 16.0. The summed E-state index contributed by atoms with van der Waals surface area (Å²) in [4.78, 5) is 22.4. The van der Waals surface area contributed by atoms with Crippen LogP contribution in [-0.4, -0.2) is 59.5 Å². The van der Waals surface area contributed by atoms with Gasteiger partial charge < -0.3 is 30.9 Å². The third-order valence-corrected chi connectivity index (χ3v) is 6.56. The lowest BCUT2D eigenvalue weighted by Crippen LogP contribution is -2.36. The summed E-state index contributed by atoms with van der Waals surface area (Å²) in [5.74, 6) is 0.147. The van der Waals surface area contributed by atoms with E-state index in [2.05, 4.69) is 20.6 Å². The first-order valence-corrected chi connectivity index (χ1v) is 11.5. The van der Waals surface area contributed by atoms with Crippen molar-refractivity contribution in [3.8, 4) is 5.75 Å². The number of halogens is 1. The zero-order valence-corrected chi connectivity index (χ0v) is 19.0. The van der Waals surface area contributed by atoms with E-state index in [-0.39, 0.29) is 25.1 Å². The van der Waals surface area contributed by atoms with Gasteiger partial charge >= 0.3 is 0 Å². The minimum absolute atomic E-state index is 0.0567. The van der Waals surface area contributed by atoms with Crippen LogP contribution in [0.2, 0.25) is 0 Å². The smallest absolute Gasteiger partial charge is 0.261 e. The molecule has 1 unspecified atom stereocenters. The van der Waals surface area contributed by atoms with Crippen molar-refractivity contribution < 1.29 is 23.8 Å². The van der Waals surface area contributed by atoms with Gasteiger partial charge in [-0.15, -0.1) is 11.3 Å². The number of carbonyl (C=O) groups is 1. The highest BCUT2D eigenvalue weighted by Gasteiger charge is 2.22. The molecule has 5 N–H and O–H groups in total. The van der Waals surface area contributed by atoms with Crippen LogP contribution in [0.25, 0.3) is 10.2 Å². The van der Waals surface area contributed by atoms with E-state index in [1.807, 2.05) is 6.92 Å². The Hall–Kier alpha value is -2.86. The summed E-state index contributed by atoms with van der Waals surface area (Å²) in [5, 5.41) is 16.2. The van der Waals surface area contributed by atoms with E-state index >= 15 is 0 Å². The number of amides is 1. The molecule has 0 aliphatic carbocycles. The molecule has 3 heterocycles. The zero-order valence-electron chi connectivity index (χ0n) is 18.1. The van der Waals surface area contributed by atoms with E-state index in [9.17, 15) is 14.3 Å². The third-order valence-electron chi connectivity index (χ3n) is 5.36. The van der Waals surface area contributed by atoms with E-state index in [0.717, 1.165) is 12.8 Å². The maximum absolute atomic E-state index is 14.0. The van der Waals surface area contributed by atoms with Crippen LogP contribution in [0.4, 0.5) is 15.9 Å². The molecule has 4 rings (SSSR count). The predicted octanol–water partition coefficient (Wildman–Crippen LogP) is 2.49. The molecule has 3 aromatic rings. The molecule has 0 spiro atoms. The van der Waals surface area contributed by atoms with Crippen molar-refractivity contribution in [1.82, 2.24) is 15.3 Å². The Morgan fingerprint density at radius 2 is 2.18 bits per heavy atom. The SMILES string of the molecule is Cc1c(C(=O)NCC(O)CN)sc2ncnc(Nc3ccc(F)cc3OC3CCOCC3)c12. The molecule has 9 nitrogen and oxygen atoms in total. The molecule has 1 aromatic carbocycles. The molecule has 2 aromatic heterocycles. The summed E-state index contributed by atoms with van der Waals surface area (Å²) in [7, 11) is 0. The summed E-state index contributed by atoms with van der Waals surface area (Å²) in [6.45, 7) is 3.14. The van der Waals surface area contributed by atoms with Gasteiger partial charge in [-0.25, -0.2) is 14.4 Å². The number of aliphatic hydroxyl groups is 1. The number of thiophene rings is 1. The van der Waals surface area contributed by atoms with E-state index in [1.54, 1.807) is 6.07 Å². The maximum atomic E-state index is 14.0. The molecule has 1 fully saturated rings. The van der Waals surface area contributed by atoms with Crippen molar-refractivity contribution in [2.24, 2.45) is 5.73 Å². The van der Waals surface area contributed by atoms with E-state index in [4.69, 9.17) is 15.2 Å². The maximum Gasteiger partial charge on any atom is 0.261 e. The Labute approximate surface area is 194 Å². The molecule has 11 heteroatoms. The number of ether oxygens (including phenoxy) is 2. The fourth-order valence-corrected chi connectivity index (χ4v) is 4.62. The van der Waals surface area contributed by atoms with Gasteiger partial charge in [0.2, 0.25) is 0 Å². The van der Waals surface area contributed by atoms with Crippen molar-refractivity contribution >= 4 is 39.0 Å². The number of anilines is 2. The number of benzene rings is 1. The van der Waals surface area contributed by atoms with Crippen LogP contribution in [0.15, 0.2) is 24.5 Å². The quantitative estimate of drug-likeness (QED) is 0.391. The number of nitrogens with zero attached hydrogens (tertiary/aromatic N) is 2. The Kier molecular flexibility index (Phi) is 7.33. The van der Waals surface area contributed by atoms with Gasteiger partial charge in [-0.3, -0.25) is 4.79 Å². The molecule has 1 atom stereocenters. The van der Waals surface area contributed by atoms with Gasteiger partial charge in [0, 0.05) is 32.0 Å². The van der Waals surface area contributed by atoms with Crippen LogP contribution in [0, 0.1) is 12.7 Å². The van der Waals surface area contributed by atoms with E-state index < -0.39 is 11.9 Å². The average molecular weight is 476 g/mol. The van der Waals surface area contributed by atoms with Crippen molar-refractivity contribution in [3.05, 3.63) is 40.8 Å². The van der Waals surface area contributed by atoms with Gasteiger partial charge in [0.15, 0.2) is 0 Å². The molecule has 176 valence electrons. The summed E-state index contributed by atoms with van der Waals surface area (Å²) in [5.41, 5.74) is 6.66. The van der Waals surface area contributed by atoms with Gasteiger partial charge in [0.1, 0.15) is 34.6 Å². The summed E-state index contributed by atoms with van der Waals surface area (Å²) in [6, 6.07) is 4.29. The lowest BCUT2D eigenvalue weighted by Gasteiger charge is -2.24. The first-order valence-electron chi connectivity index (χ1n) is 10.7. The van der Waals surface area contributed by atoms with Crippen LogP contribution < -0.4 is 21.1 Å². The van der Waals surface area contributed by atoms with Crippen LogP contribution in [0.5, 0.6) is 5.75 Å². The van der Waals surface area contributed by atoms with Crippen LogP contribution in [-0.2, 0) is 4.74 Å². The van der Waals surface area contributed by atoms with Crippen LogP contribution in [0.1, 0.15) is 28.1 Å². The van der Waals surface area contributed by atoms with Crippen LogP contribution in [0.3, 0.4) is 0 Å². The van der Waals surface area contributed by atoms with Gasteiger partial charge in [-0.05, 0) is 24.6 Å². The molecule has 1 aliphatic rings. The molecule has 0 saturated carbocycles. The fraction of sp³-hybridized carbons (Fsp3) is 0.409. The fourth-order valence-electron chi connectivity index (χ4n) is 3.55. The monoisotopic (exact) mass is 475 g/mol. The van der Waals surface area contributed by atoms with E-state index in [1.165, 1.54) is 29.8 Å². The number of rotatable bonds is 8. The van der Waals surface area contributed by atoms with Gasteiger partial charge in [-0.2, -0.15) is 0 Å². The molecule has 1 amide bonds. The molecular formula is C22H26FN5O4S. The van der Waals surface area contributed by atoms with Crippen LogP contribution >= 0.6 is 11.3 Å². The second-order valence-electron chi connectivity index (χ2n) is 7.75. The first kappa shape index (κ1) is 23.3. The van der Waals surface area contributed by atoms with Gasteiger partial charge in [0.05, 0.1) is 35.3 Å². The van der Waals surface area contributed by atoms with Gasteiger partial charge in [0.25, 0.3) is 5.91 Å². The summed E-state index contributed by atoms with van der Waals surface area (Å²) < 4.78 is 25.4. The Balaban J connectivity index is 1.62. The average Bonchev–Trinajstić information content (AvgIpc) is 3.17. The zero-order chi connectivity index (χ0) is 23.4. The number of aromatic nitrogens is 2. The summed E-state index contributed by atoms with van der Waals surface area (Å²) in [6.07, 6.45) is 1.99. The van der Waals surface area contributed by atoms with Crippen molar-refractivity contribution in [2.75, 3.05) is 31.6 Å². The number of fused-ring (bicyclic) bond motifs is 1. The number of hydrogen-bond donors (Lipinski definition) is 4. The van der Waals surface area contributed by atoms with Crippen molar-refractivity contribution in [1.29, 1.82) is 0 Å². The molecule has 0 bridgehead atoms.